The Kier molecular flexibility index (Phi) is 5.54. The second kappa shape index (κ2) is 8.13. The third kappa shape index (κ3) is 3.57. The summed E-state index contributed by atoms with van der Waals surface area (Å²) in [7, 11) is 5.51. The summed E-state index contributed by atoms with van der Waals surface area (Å²) >= 11 is 6.22. The van der Waals surface area contributed by atoms with E-state index >= 15 is 0 Å². The zero-order valence-electron chi connectivity index (χ0n) is 17.1. The molecule has 0 unspecified atom stereocenters. The van der Waals surface area contributed by atoms with Crippen LogP contribution in [0.1, 0.15) is 34.1 Å². The van der Waals surface area contributed by atoms with E-state index in [9.17, 15) is 9.59 Å². The summed E-state index contributed by atoms with van der Waals surface area (Å²) in [6.07, 6.45) is 0.769. The molecule has 0 N–H and O–H groups in total. The fourth-order valence-corrected chi connectivity index (χ4v) is 4.14. The normalized spacial score (nSPS) is 15.8. The number of halogens is 1. The van der Waals surface area contributed by atoms with Gasteiger partial charge in [0.1, 0.15) is 11.3 Å². The Balaban J connectivity index is 1.88. The maximum Gasteiger partial charge on any atom is 0.290 e. The maximum atomic E-state index is 13.4. The number of fused-ring (bicyclic) bond motifs is 2. The number of amides is 1. The number of carbonyl (C=O) groups excluding carboxylic acids is 1. The van der Waals surface area contributed by atoms with E-state index in [2.05, 4.69) is 4.90 Å². The third-order valence-corrected chi connectivity index (χ3v) is 5.58. The van der Waals surface area contributed by atoms with Crippen LogP contribution in [-0.4, -0.2) is 50.0 Å². The van der Waals surface area contributed by atoms with Gasteiger partial charge in [0.15, 0.2) is 5.43 Å². The molecule has 1 atom stereocenters. The molecule has 0 bridgehead atoms. The first-order valence-electron chi connectivity index (χ1n) is 9.76. The molecule has 6 nitrogen and oxygen atoms in total. The number of methoxy groups -OCH3 is 1. The molecule has 0 radical (unpaired) electrons. The van der Waals surface area contributed by atoms with E-state index in [1.807, 2.05) is 26.2 Å². The lowest BCUT2D eigenvalue weighted by Gasteiger charge is -2.25. The van der Waals surface area contributed by atoms with Crippen LogP contribution in [-0.2, 0) is 0 Å². The van der Waals surface area contributed by atoms with Crippen LogP contribution < -0.4 is 10.2 Å². The first-order chi connectivity index (χ1) is 14.4. The molecule has 2 heterocycles. The molecule has 1 amide bonds. The Morgan fingerprint density at radius 1 is 1.17 bits per heavy atom. The van der Waals surface area contributed by atoms with Crippen LogP contribution >= 0.6 is 11.6 Å². The quantitative estimate of drug-likeness (QED) is 0.597. The fraction of sp³-hybridized carbons (Fsp3) is 0.304. The highest BCUT2D eigenvalue weighted by Crippen LogP contribution is 2.39. The number of hydrogen-bond donors (Lipinski definition) is 0. The summed E-state index contributed by atoms with van der Waals surface area (Å²) in [5.41, 5.74) is 1.29. The SMILES string of the molecule is COc1ccc2c(=O)c3c(oc2c1)C(=O)N(CCCN(C)C)[C@H]3c1cccc(Cl)c1. The molecule has 7 heteroatoms. The lowest BCUT2D eigenvalue weighted by atomic mass is 9.98. The zero-order valence-corrected chi connectivity index (χ0v) is 17.9. The fourth-order valence-electron chi connectivity index (χ4n) is 3.94. The van der Waals surface area contributed by atoms with Gasteiger partial charge in [-0.05, 0) is 56.9 Å². The Morgan fingerprint density at radius 2 is 1.97 bits per heavy atom. The van der Waals surface area contributed by atoms with Gasteiger partial charge in [-0.15, -0.1) is 0 Å². The molecular formula is C23H23ClN2O4. The lowest BCUT2D eigenvalue weighted by molar-refractivity contribution is 0.0722. The summed E-state index contributed by atoms with van der Waals surface area (Å²) in [5, 5.41) is 0.973. The first-order valence-corrected chi connectivity index (χ1v) is 10.1. The standard InChI is InChI=1S/C23H23ClN2O4/c1-25(2)10-5-11-26-20(14-6-4-7-15(24)12-14)19-21(27)17-9-8-16(29-3)13-18(17)30-22(19)23(26)28/h4,6-9,12-13,20H,5,10-11H2,1-3H3/t20-/m0/s1. The van der Waals surface area contributed by atoms with Crippen molar-refractivity contribution in [3.05, 3.63) is 74.6 Å². The Bertz CT molecular complexity index is 1170. The van der Waals surface area contributed by atoms with Crippen LogP contribution in [0.25, 0.3) is 11.0 Å². The van der Waals surface area contributed by atoms with Gasteiger partial charge in [0.25, 0.3) is 5.91 Å². The minimum absolute atomic E-state index is 0.0931. The monoisotopic (exact) mass is 426 g/mol. The molecule has 0 spiro atoms. The molecule has 0 saturated carbocycles. The summed E-state index contributed by atoms with van der Waals surface area (Å²) in [4.78, 5) is 30.5. The molecular weight excluding hydrogens is 404 g/mol. The number of benzene rings is 2. The van der Waals surface area contributed by atoms with E-state index in [0.29, 0.717) is 33.8 Å². The Morgan fingerprint density at radius 3 is 2.67 bits per heavy atom. The van der Waals surface area contributed by atoms with Crippen molar-refractivity contribution in [2.24, 2.45) is 0 Å². The van der Waals surface area contributed by atoms with E-state index in [4.69, 9.17) is 20.8 Å². The molecule has 0 saturated heterocycles. The van der Waals surface area contributed by atoms with Crippen molar-refractivity contribution in [1.29, 1.82) is 0 Å². The predicted octanol–water partition coefficient (Wildman–Crippen LogP) is 3.95. The van der Waals surface area contributed by atoms with Gasteiger partial charge in [0.2, 0.25) is 5.76 Å². The van der Waals surface area contributed by atoms with E-state index in [1.54, 1.807) is 42.3 Å². The van der Waals surface area contributed by atoms with Crippen molar-refractivity contribution in [2.45, 2.75) is 12.5 Å². The average Bonchev–Trinajstić information content (AvgIpc) is 3.00. The Labute approximate surface area is 179 Å². The molecule has 156 valence electrons. The van der Waals surface area contributed by atoms with E-state index in [0.717, 1.165) is 18.5 Å². The first kappa shape index (κ1) is 20.4. The van der Waals surface area contributed by atoms with E-state index in [1.165, 1.54) is 0 Å². The highest BCUT2D eigenvalue weighted by Gasteiger charge is 2.42. The second-order valence-corrected chi connectivity index (χ2v) is 8.09. The van der Waals surface area contributed by atoms with Crippen molar-refractivity contribution in [3.63, 3.8) is 0 Å². The molecule has 2 aromatic carbocycles. The lowest BCUT2D eigenvalue weighted by Crippen LogP contribution is -2.32. The van der Waals surface area contributed by atoms with Gasteiger partial charge in [-0.25, -0.2) is 0 Å². The number of hydrogen-bond acceptors (Lipinski definition) is 5. The van der Waals surface area contributed by atoms with Crippen LogP contribution in [0.2, 0.25) is 5.02 Å². The molecule has 0 aliphatic carbocycles. The number of rotatable bonds is 6. The molecule has 4 rings (SSSR count). The van der Waals surface area contributed by atoms with Crippen LogP contribution in [0.5, 0.6) is 5.75 Å². The maximum absolute atomic E-state index is 13.4. The van der Waals surface area contributed by atoms with Crippen molar-refractivity contribution >= 4 is 28.5 Å². The van der Waals surface area contributed by atoms with Gasteiger partial charge in [0.05, 0.1) is 24.1 Å². The number of nitrogens with zero attached hydrogens (tertiary/aromatic N) is 2. The van der Waals surface area contributed by atoms with Crippen LogP contribution in [0.3, 0.4) is 0 Å². The molecule has 30 heavy (non-hydrogen) atoms. The van der Waals surface area contributed by atoms with Crippen molar-refractivity contribution in [2.75, 3.05) is 34.3 Å². The highest BCUT2D eigenvalue weighted by molar-refractivity contribution is 6.30. The van der Waals surface area contributed by atoms with Crippen LogP contribution in [0.15, 0.2) is 51.7 Å². The van der Waals surface area contributed by atoms with Gasteiger partial charge in [-0.3, -0.25) is 9.59 Å². The van der Waals surface area contributed by atoms with E-state index < -0.39 is 6.04 Å². The third-order valence-electron chi connectivity index (χ3n) is 5.34. The molecule has 3 aromatic rings. The van der Waals surface area contributed by atoms with E-state index in [-0.39, 0.29) is 17.1 Å². The van der Waals surface area contributed by atoms with Gasteiger partial charge < -0.3 is 19.0 Å². The van der Waals surface area contributed by atoms with Gasteiger partial charge in [0, 0.05) is 17.6 Å². The largest absolute Gasteiger partial charge is 0.497 e. The van der Waals surface area contributed by atoms with Gasteiger partial charge in [-0.2, -0.15) is 0 Å². The molecule has 1 aliphatic heterocycles. The predicted molar refractivity (Wildman–Crippen MR) is 117 cm³/mol. The Hall–Kier alpha value is -2.83. The van der Waals surface area contributed by atoms with Crippen molar-refractivity contribution in [1.82, 2.24) is 9.80 Å². The van der Waals surface area contributed by atoms with Crippen molar-refractivity contribution in [3.8, 4) is 5.75 Å². The highest BCUT2D eigenvalue weighted by atomic mass is 35.5. The number of ether oxygens (including phenoxy) is 1. The molecule has 1 aromatic heterocycles. The van der Waals surface area contributed by atoms with Crippen LogP contribution in [0.4, 0.5) is 0 Å². The topological polar surface area (TPSA) is 63.0 Å². The molecule has 1 aliphatic rings. The zero-order chi connectivity index (χ0) is 21.4. The second-order valence-electron chi connectivity index (χ2n) is 7.65. The summed E-state index contributed by atoms with van der Waals surface area (Å²) < 4.78 is 11.2. The minimum Gasteiger partial charge on any atom is -0.497 e. The van der Waals surface area contributed by atoms with Crippen molar-refractivity contribution < 1.29 is 13.9 Å². The van der Waals surface area contributed by atoms with Gasteiger partial charge >= 0.3 is 0 Å². The number of carbonyl (C=O) groups is 1. The summed E-state index contributed by atoms with van der Waals surface area (Å²) in [6, 6.07) is 11.8. The smallest absolute Gasteiger partial charge is 0.290 e. The minimum atomic E-state index is -0.531. The summed E-state index contributed by atoms with van der Waals surface area (Å²) in [6.45, 7) is 1.32. The van der Waals surface area contributed by atoms with Gasteiger partial charge in [-0.1, -0.05) is 23.7 Å². The molecule has 0 fully saturated rings. The summed E-state index contributed by atoms with van der Waals surface area (Å²) in [5.74, 6) is 0.372. The van der Waals surface area contributed by atoms with Crippen LogP contribution in [0, 0.1) is 0 Å². The average molecular weight is 427 g/mol.